The van der Waals surface area contributed by atoms with Crippen molar-refractivity contribution in [2.24, 2.45) is 0 Å². The van der Waals surface area contributed by atoms with Crippen LogP contribution in [-0.2, 0) is 45.2 Å². The topological polar surface area (TPSA) is 298 Å². The summed E-state index contributed by atoms with van der Waals surface area (Å²) < 4.78 is 143. The van der Waals surface area contributed by atoms with Crippen LogP contribution in [0.3, 0.4) is 0 Å². The molecule has 1 fully saturated rings. The molecule has 1 aromatic heterocycles. The van der Waals surface area contributed by atoms with Crippen molar-refractivity contribution in [1.82, 2.24) is 15.0 Å². The first-order valence-electron chi connectivity index (χ1n) is 23.4. The fourth-order valence-electron chi connectivity index (χ4n) is 7.88. The van der Waals surface area contributed by atoms with Crippen LogP contribution in [0.2, 0.25) is 0 Å². The largest absolute Gasteiger partial charge is 1.00 e. The van der Waals surface area contributed by atoms with Crippen molar-refractivity contribution in [1.29, 1.82) is 0 Å². The average Bonchev–Trinajstić information content (AvgIpc) is 3.42. The third kappa shape index (κ3) is 17.4. The summed E-state index contributed by atoms with van der Waals surface area (Å²) in [6.45, 7) is 1.91. The van der Waals surface area contributed by atoms with Crippen molar-refractivity contribution in [2.75, 3.05) is 41.8 Å². The number of para-hydroxylation sites is 1. The summed E-state index contributed by atoms with van der Waals surface area (Å²) in [6, 6.07) is 47.7. The number of hydrogen-bond donors (Lipinski definition) is 4. The summed E-state index contributed by atoms with van der Waals surface area (Å²) in [5.41, 5.74) is 4.99. The van der Waals surface area contributed by atoms with E-state index in [0.29, 0.717) is 49.1 Å². The number of anilines is 4. The summed E-state index contributed by atoms with van der Waals surface area (Å²) in [6.07, 6.45) is 8.06. The number of morpholine rings is 1. The van der Waals surface area contributed by atoms with Crippen molar-refractivity contribution >= 4 is 100 Å². The number of ether oxygens (including phenoxy) is 1. The Labute approximate surface area is 507 Å². The van der Waals surface area contributed by atoms with Crippen LogP contribution in [0.5, 0.6) is 0 Å². The second-order valence-corrected chi connectivity index (χ2v) is 22.4. The van der Waals surface area contributed by atoms with Crippen LogP contribution in [-0.4, -0.2) is 93.1 Å². The fourth-order valence-corrected chi connectivity index (χ4v) is 10.6. The predicted octanol–water partition coefficient (Wildman–Crippen LogP) is 3.07. The minimum Gasteiger partial charge on any atom is -0.744 e. The molecule has 8 aromatic rings. The van der Waals surface area contributed by atoms with Gasteiger partial charge < -0.3 is 29.4 Å². The van der Waals surface area contributed by atoms with E-state index in [9.17, 15) is 51.9 Å². The molecular formula is C55H46N6Na2O13S4. The third-order valence-corrected chi connectivity index (χ3v) is 15.2. The molecule has 1 aliphatic rings. The van der Waals surface area contributed by atoms with Gasteiger partial charge in [-0.05, 0) is 81.4 Å². The molecule has 7 aromatic carbocycles. The van der Waals surface area contributed by atoms with Gasteiger partial charge in [0, 0.05) is 24.3 Å². The van der Waals surface area contributed by atoms with Gasteiger partial charge >= 0.3 is 59.1 Å². The Morgan fingerprint density at radius 2 is 0.912 bits per heavy atom. The normalized spacial score (nSPS) is 13.2. The predicted molar refractivity (Wildman–Crippen MR) is 295 cm³/mol. The van der Waals surface area contributed by atoms with E-state index in [2.05, 4.69) is 25.6 Å². The number of benzene rings is 7. The van der Waals surface area contributed by atoms with Gasteiger partial charge in [0.05, 0.1) is 28.7 Å². The van der Waals surface area contributed by atoms with Gasteiger partial charge in [-0.25, -0.2) is 16.8 Å². The van der Waals surface area contributed by atoms with E-state index in [-0.39, 0.29) is 97.6 Å². The van der Waals surface area contributed by atoms with Crippen molar-refractivity contribution in [3.63, 3.8) is 0 Å². The van der Waals surface area contributed by atoms with Gasteiger partial charge in [-0.2, -0.15) is 31.8 Å². The minimum absolute atomic E-state index is 0. The van der Waals surface area contributed by atoms with E-state index >= 15 is 0 Å². The minimum atomic E-state index is -4.97. The van der Waals surface area contributed by atoms with Crippen molar-refractivity contribution in [2.45, 2.75) is 19.6 Å². The molecule has 0 aliphatic carbocycles. The zero-order valence-electron chi connectivity index (χ0n) is 42.8. The molecule has 0 saturated carbocycles. The first kappa shape index (κ1) is 63.0. The summed E-state index contributed by atoms with van der Waals surface area (Å²) in [5.74, 6) is 0.407. The number of hydrogen-bond acceptors (Lipinski definition) is 17. The van der Waals surface area contributed by atoms with Crippen LogP contribution in [0, 0.1) is 0 Å². The van der Waals surface area contributed by atoms with Crippen LogP contribution in [0.25, 0.3) is 47.2 Å². The molecule has 0 amide bonds. The zero-order valence-corrected chi connectivity index (χ0v) is 50.0. The van der Waals surface area contributed by atoms with Crippen LogP contribution in [0.1, 0.15) is 33.4 Å². The number of aromatic nitrogens is 3. The smallest absolute Gasteiger partial charge is 0.744 e. The molecule has 25 heteroatoms. The molecule has 0 spiro atoms. The Balaban J connectivity index is 0.000000255. The second kappa shape index (κ2) is 28.0. The van der Waals surface area contributed by atoms with Gasteiger partial charge in [0.25, 0.3) is 20.2 Å². The summed E-state index contributed by atoms with van der Waals surface area (Å²) in [7, 11) is -18.5. The van der Waals surface area contributed by atoms with E-state index in [1.165, 1.54) is 54.6 Å². The summed E-state index contributed by atoms with van der Waals surface area (Å²) in [5, 5.41) is 6.05. The molecule has 0 bridgehead atoms. The maximum Gasteiger partial charge on any atom is 1.00 e. The standard InChI is InChI=1S/C28H22O6S2.C27H26N6O7S2.2Na/c29-35(30,31)27-7-3-1-5-25(27)19-13-21-9-15-23(16-10-21)24-17-11-22(12-18-24)14-20-26-6-2-4-8-28(26)36(32,33)34;34-41(35,36)23-12-6-4-8-19(23)18-22(21-11-5-7-13-24(21)42(37,38)39)29-26-30-25(28-20-9-2-1-3-10-20)31-27(32-26)33-14-16-40-17-15-33;;/h1-20H,(H,29,30,31)(H,32,33,34);1-13,18H,14-17H2,(H,34,35,36)(H,37,38,39)(H2,28,29,30,31,32);;/q;;2*+1/p-2. The number of rotatable bonds is 16. The zero-order chi connectivity index (χ0) is 55.5. The maximum atomic E-state index is 12.2. The molecule has 400 valence electrons. The van der Waals surface area contributed by atoms with E-state index in [1.807, 2.05) is 83.8 Å². The van der Waals surface area contributed by atoms with Crippen molar-refractivity contribution in [3.8, 4) is 11.1 Å². The number of nitrogens with zero attached hydrogens (tertiary/aromatic N) is 4. The Kier molecular flexibility index (Phi) is 22.0. The monoisotopic (exact) mass is 1170 g/mol. The second-order valence-electron chi connectivity index (χ2n) is 16.9. The van der Waals surface area contributed by atoms with Crippen LogP contribution >= 0.6 is 0 Å². The average molecular weight is 1170 g/mol. The fraction of sp³-hybridized carbons (Fsp3) is 0.0727. The Hall–Kier alpha value is -6.23. The van der Waals surface area contributed by atoms with Gasteiger partial charge in [-0.1, -0.05) is 164 Å². The van der Waals surface area contributed by atoms with Crippen molar-refractivity contribution in [3.05, 3.63) is 209 Å². The summed E-state index contributed by atoms with van der Waals surface area (Å²) >= 11 is 0. The Morgan fingerprint density at radius 3 is 1.40 bits per heavy atom. The molecular weight excluding hydrogens is 1130 g/mol. The van der Waals surface area contributed by atoms with Gasteiger partial charge in [0.1, 0.15) is 30.0 Å². The van der Waals surface area contributed by atoms with Crippen LogP contribution < -0.4 is 74.6 Å². The number of nitrogens with one attached hydrogen (secondary N) is 2. The Morgan fingerprint density at radius 1 is 0.487 bits per heavy atom. The van der Waals surface area contributed by atoms with Gasteiger partial charge in [0.15, 0.2) is 0 Å². The molecule has 1 aliphatic heterocycles. The van der Waals surface area contributed by atoms with E-state index in [4.69, 9.17) is 4.74 Å². The molecule has 1 saturated heterocycles. The molecule has 0 unspecified atom stereocenters. The van der Waals surface area contributed by atoms with Crippen LogP contribution in [0.15, 0.2) is 196 Å². The molecule has 80 heavy (non-hydrogen) atoms. The van der Waals surface area contributed by atoms with Gasteiger partial charge in [-0.15, -0.1) is 0 Å². The first-order chi connectivity index (χ1) is 37.2. The van der Waals surface area contributed by atoms with E-state index < -0.39 is 50.3 Å². The van der Waals surface area contributed by atoms with Crippen molar-refractivity contribution < 1.29 is 116 Å². The Bertz CT molecular complexity index is 3890. The molecule has 19 nitrogen and oxygen atoms in total. The molecule has 2 heterocycles. The van der Waals surface area contributed by atoms with E-state index in [0.717, 1.165) is 34.4 Å². The maximum absolute atomic E-state index is 12.2. The third-order valence-electron chi connectivity index (χ3n) is 11.6. The quantitative estimate of drug-likeness (QED) is 0.0614. The molecule has 0 radical (unpaired) electrons. The SMILES string of the molecule is O=S(=O)(O)c1ccccc1C=Cc1ccc(-c2ccc(C=Cc3ccccc3S(=O)(=O)O)cc2)cc1.O=S(=O)([O-])c1ccccc1C=C(Nc1nc(Nc2ccccc2)nc(N2CCOCC2)n1)c1ccccc1S(=O)(=O)[O-].[Na+].[Na+]. The summed E-state index contributed by atoms with van der Waals surface area (Å²) in [4.78, 5) is 14.0. The van der Waals surface area contributed by atoms with Crippen LogP contribution in [0.4, 0.5) is 23.5 Å². The van der Waals surface area contributed by atoms with Gasteiger partial charge in [0.2, 0.25) is 17.8 Å². The first-order valence-corrected chi connectivity index (χ1v) is 29.1. The van der Waals surface area contributed by atoms with E-state index in [1.54, 1.807) is 60.7 Å². The molecule has 9 rings (SSSR count). The molecule has 4 N–H and O–H groups in total. The molecule has 0 atom stereocenters. The van der Waals surface area contributed by atoms with Gasteiger partial charge in [-0.3, -0.25) is 9.11 Å².